The highest BCUT2D eigenvalue weighted by molar-refractivity contribution is 9.09. The predicted octanol–water partition coefficient (Wildman–Crippen LogP) is 0.198. The molecule has 0 atom stereocenters. The van der Waals surface area contributed by atoms with Gasteiger partial charge in [0.2, 0.25) is 15.4 Å². The molecule has 0 spiro atoms. The minimum Gasteiger partial charge on any atom is -0.301 e. The lowest BCUT2D eigenvalue weighted by molar-refractivity contribution is -0.114. The minimum atomic E-state index is -3.63. The van der Waals surface area contributed by atoms with Gasteiger partial charge in [-0.3, -0.25) is 9.69 Å². The second-order valence-electron chi connectivity index (χ2n) is 4.49. The summed E-state index contributed by atoms with van der Waals surface area (Å²) in [4.78, 5) is 13.1. The molecule has 1 aliphatic heterocycles. The zero-order valence-electron chi connectivity index (χ0n) is 11.5. The first kappa shape index (κ1) is 16.7. The summed E-state index contributed by atoms with van der Waals surface area (Å²) >= 11 is 4.24. The number of nitrogens with zero attached hydrogens (tertiary/aromatic N) is 4. The molecule has 2 rings (SSSR count). The van der Waals surface area contributed by atoms with E-state index in [1.54, 1.807) is 0 Å². The van der Waals surface area contributed by atoms with Crippen LogP contribution in [0.5, 0.6) is 0 Å². The van der Waals surface area contributed by atoms with E-state index >= 15 is 0 Å². The third-order valence-corrected chi connectivity index (χ3v) is 6.42. The van der Waals surface area contributed by atoms with E-state index in [4.69, 9.17) is 0 Å². The van der Waals surface area contributed by atoms with Gasteiger partial charge in [0.05, 0.1) is 0 Å². The van der Waals surface area contributed by atoms with Crippen LogP contribution in [0.25, 0.3) is 0 Å². The molecule has 0 saturated carbocycles. The maximum atomic E-state index is 12.4. The second-order valence-corrected chi connectivity index (χ2v) is 8.37. The van der Waals surface area contributed by atoms with Crippen LogP contribution < -0.4 is 5.32 Å². The van der Waals surface area contributed by atoms with E-state index in [0.29, 0.717) is 26.2 Å². The van der Waals surface area contributed by atoms with Gasteiger partial charge in [-0.05, 0) is 0 Å². The lowest BCUT2D eigenvalue weighted by atomic mass is 10.4. The molecule has 0 unspecified atom stereocenters. The number of rotatable bonds is 5. The van der Waals surface area contributed by atoms with Crippen LogP contribution in [0.15, 0.2) is 4.34 Å². The Morgan fingerprint density at radius 3 is 2.57 bits per heavy atom. The normalized spacial score (nSPS) is 17.8. The van der Waals surface area contributed by atoms with Gasteiger partial charge in [0.1, 0.15) is 0 Å². The van der Waals surface area contributed by atoms with Crippen molar-refractivity contribution in [2.24, 2.45) is 0 Å². The molecule has 118 valence electrons. The summed E-state index contributed by atoms with van der Waals surface area (Å²) in [6, 6.07) is 0. The molecule has 1 N–H and O–H groups in total. The zero-order valence-corrected chi connectivity index (χ0v) is 14.7. The molecule has 1 saturated heterocycles. The first-order valence-electron chi connectivity index (χ1n) is 6.33. The molecule has 1 aliphatic rings. The topological polar surface area (TPSA) is 95.5 Å². The summed E-state index contributed by atoms with van der Waals surface area (Å²) in [5.41, 5.74) is 0. The fraction of sp³-hybridized carbons (Fsp3) is 0.700. The Labute approximate surface area is 135 Å². The number of piperazine rings is 1. The first-order valence-corrected chi connectivity index (χ1v) is 9.71. The van der Waals surface area contributed by atoms with Gasteiger partial charge in [0.15, 0.2) is 0 Å². The highest BCUT2D eigenvalue weighted by Crippen LogP contribution is 2.24. The average Bonchev–Trinajstić information content (AvgIpc) is 2.88. The molecule has 1 aromatic rings. The lowest BCUT2D eigenvalue weighted by Crippen LogP contribution is -2.48. The SMILES string of the molecule is CC(=O)Nc1nnc(S(=O)(=O)N2CCN(CCBr)CC2)s1. The van der Waals surface area contributed by atoms with Crippen molar-refractivity contribution in [3.8, 4) is 0 Å². The van der Waals surface area contributed by atoms with Gasteiger partial charge in [-0.2, -0.15) is 4.31 Å². The van der Waals surface area contributed by atoms with Crippen LogP contribution in [-0.2, 0) is 14.8 Å². The van der Waals surface area contributed by atoms with Gasteiger partial charge in [-0.25, -0.2) is 8.42 Å². The van der Waals surface area contributed by atoms with Crippen molar-refractivity contribution in [2.75, 3.05) is 43.4 Å². The number of carbonyl (C=O) groups is 1. The maximum absolute atomic E-state index is 12.4. The Kier molecular flexibility index (Phi) is 5.66. The number of carbonyl (C=O) groups excluding carboxylic acids is 1. The van der Waals surface area contributed by atoms with E-state index in [2.05, 4.69) is 36.3 Å². The summed E-state index contributed by atoms with van der Waals surface area (Å²) in [5, 5.41) is 10.8. The first-order chi connectivity index (χ1) is 9.93. The van der Waals surface area contributed by atoms with Crippen molar-refractivity contribution in [2.45, 2.75) is 11.3 Å². The fourth-order valence-corrected chi connectivity index (χ4v) is 4.95. The fourth-order valence-electron chi connectivity index (χ4n) is 1.94. The quantitative estimate of drug-likeness (QED) is 0.562. The molecule has 1 amide bonds. The van der Waals surface area contributed by atoms with Crippen LogP contribution in [0, 0.1) is 0 Å². The highest BCUT2D eigenvalue weighted by Gasteiger charge is 2.31. The summed E-state index contributed by atoms with van der Waals surface area (Å²) in [6.45, 7) is 4.50. The number of hydrogen-bond donors (Lipinski definition) is 1. The van der Waals surface area contributed by atoms with Crippen molar-refractivity contribution in [3.05, 3.63) is 0 Å². The van der Waals surface area contributed by atoms with Crippen molar-refractivity contribution in [1.29, 1.82) is 0 Å². The molecule has 0 radical (unpaired) electrons. The van der Waals surface area contributed by atoms with E-state index in [1.807, 2.05) is 0 Å². The number of sulfonamides is 1. The predicted molar refractivity (Wildman–Crippen MR) is 83.2 cm³/mol. The number of nitrogens with one attached hydrogen (secondary N) is 1. The van der Waals surface area contributed by atoms with Crippen molar-refractivity contribution >= 4 is 48.3 Å². The standard InChI is InChI=1S/C10H16BrN5O3S2/c1-8(17)12-9-13-14-10(20-9)21(18,19)16-6-4-15(3-2-11)5-7-16/h2-7H2,1H3,(H,12,13,17). The zero-order chi connectivity index (χ0) is 15.5. The number of anilines is 1. The molecular weight excluding hydrogens is 382 g/mol. The van der Waals surface area contributed by atoms with E-state index < -0.39 is 10.0 Å². The summed E-state index contributed by atoms with van der Waals surface area (Å²) < 4.78 is 26.2. The van der Waals surface area contributed by atoms with E-state index in [0.717, 1.165) is 23.2 Å². The minimum absolute atomic E-state index is 0.0832. The van der Waals surface area contributed by atoms with Crippen LogP contribution in [-0.4, -0.2) is 71.8 Å². The van der Waals surface area contributed by atoms with E-state index in [9.17, 15) is 13.2 Å². The van der Waals surface area contributed by atoms with Gasteiger partial charge >= 0.3 is 0 Å². The Balaban J connectivity index is 2.05. The molecule has 0 aliphatic carbocycles. The Hall–Kier alpha value is -0.620. The van der Waals surface area contributed by atoms with Gasteiger partial charge in [-0.1, -0.05) is 27.3 Å². The van der Waals surface area contributed by atoms with Crippen LogP contribution in [0.1, 0.15) is 6.92 Å². The monoisotopic (exact) mass is 397 g/mol. The molecular formula is C10H16BrN5O3S2. The summed E-state index contributed by atoms with van der Waals surface area (Å²) in [5.74, 6) is -0.307. The second kappa shape index (κ2) is 7.09. The smallest absolute Gasteiger partial charge is 0.272 e. The molecule has 1 aromatic heterocycles. The number of halogens is 1. The average molecular weight is 398 g/mol. The molecule has 0 bridgehead atoms. The van der Waals surface area contributed by atoms with Gasteiger partial charge in [-0.15, -0.1) is 10.2 Å². The summed E-state index contributed by atoms with van der Waals surface area (Å²) in [6.07, 6.45) is 0. The molecule has 21 heavy (non-hydrogen) atoms. The number of alkyl halides is 1. The van der Waals surface area contributed by atoms with Gasteiger partial charge in [0.25, 0.3) is 10.0 Å². The number of amides is 1. The molecule has 0 aromatic carbocycles. The van der Waals surface area contributed by atoms with Gasteiger partial charge in [0, 0.05) is 45.0 Å². The van der Waals surface area contributed by atoms with Gasteiger partial charge < -0.3 is 5.32 Å². The summed E-state index contributed by atoms with van der Waals surface area (Å²) in [7, 11) is -3.63. The molecule has 11 heteroatoms. The highest BCUT2D eigenvalue weighted by atomic mass is 79.9. The molecule has 8 nitrogen and oxygen atoms in total. The van der Waals surface area contributed by atoms with E-state index in [-0.39, 0.29) is 15.4 Å². The van der Waals surface area contributed by atoms with Crippen LogP contribution in [0.2, 0.25) is 0 Å². The largest absolute Gasteiger partial charge is 0.301 e. The Bertz CT molecular complexity index is 598. The third-order valence-electron chi connectivity index (χ3n) is 2.98. The maximum Gasteiger partial charge on any atom is 0.272 e. The molecule has 2 heterocycles. The lowest BCUT2D eigenvalue weighted by Gasteiger charge is -2.32. The van der Waals surface area contributed by atoms with E-state index in [1.165, 1.54) is 11.2 Å². The van der Waals surface area contributed by atoms with Crippen LogP contribution in [0.4, 0.5) is 5.13 Å². The number of aromatic nitrogens is 2. The third kappa shape index (κ3) is 4.19. The number of hydrogen-bond acceptors (Lipinski definition) is 7. The molecule has 1 fully saturated rings. The van der Waals surface area contributed by atoms with Crippen LogP contribution >= 0.6 is 27.3 Å². The Morgan fingerprint density at radius 1 is 1.33 bits per heavy atom. The van der Waals surface area contributed by atoms with Crippen molar-refractivity contribution < 1.29 is 13.2 Å². The Morgan fingerprint density at radius 2 is 2.00 bits per heavy atom. The van der Waals surface area contributed by atoms with Crippen molar-refractivity contribution in [1.82, 2.24) is 19.4 Å². The van der Waals surface area contributed by atoms with Crippen LogP contribution in [0.3, 0.4) is 0 Å². The van der Waals surface area contributed by atoms with Crippen molar-refractivity contribution in [3.63, 3.8) is 0 Å².